The van der Waals surface area contributed by atoms with E-state index in [0.717, 1.165) is 19.6 Å². The second kappa shape index (κ2) is 4.72. The summed E-state index contributed by atoms with van der Waals surface area (Å²) in [6, 6.07) is -0.122. The molecular formula is C9H19N3O2. The maximum absolute atomic E-state index is 10.9. The quantitative estimate of drug-likeness (QED) is 0.615. The van der Waals surface area contributed by atoms with Crippen LogP contribution in [0.2, 0.25) is 0 Å². The van der Waals surface area contributed by atoms with Gasteiger partial charge in [-0.1, -0.05) is 0 Å². The molecule has 3 N–H and O–H groups in total. The maximum atomic E-state index is 10.9. The molecule has 1 rings (SSSR count). The first-order valence-electron chi connectivity index (χ1n) is 4.93. The second-order valence-electron chi connectivity index (χ2n) is 3.91. The van der Waals surface area contributed by atoms with Crippen LogP contribution in [0.1, 0.15) is 6.92 Å². The van der Waals surface area contributed by atoms with Crippen LogP contribution in [0, 0.1) is 0 Å². The molecule has 1 aliphatic rings. The summed E-state index contributed by atoms with van der Waals surface area (Å²) in [6.07, 6.45) is 0. The molecule has 0 bridgehead atoms. The van der Waals surface area contributed by atoms with Crippen molar-refractivity contribution in [1.29, 1.82) is 0 Å². The highest BCUT2D eigenvalue weighted by molar-refractivity contribution is 5.73. The van der Waals surface area contributed by atoms with E-state index in [1.165, 1.54) is 0 Å². The van der Waals surface area contributed by atoms with Gasteiger partial charge >= 0.3 is 5.97 Å². The molecule has 5 nitrogen and oxygen atoms in total. The summed E-state index contributed by atoms with van der Waals surface area (Å²) < 4.78 is 0. The summed E-state index contributed by atoms with van der Waals surface area (Å²) in [5.74, 6) is -0.816. The van der Waals surface area contributed by atoms with E-state index in [1.807, 2.05) is 4.90 Å². The van der Waals surface area contributed by atoms with Crippen molar-refractivity contribution in [3.8, 4) is 0 Å². The van der Waals surface area contributed by atoms with Gasteiger partial charge in [0.05, 0.1) is 0 Å². The first kappa shape index (κ1) is 11.4. The van der Waals surface area contributed by atoms with E-state index in [9.17, 15) is 4.79 Å². The molecule has 0 radical (unpaired) electrons. The van der Waals surface area contributed by atoms with E-state index in [0.29, 0.717) is 6.04 Å². The van der Waals surface area contributed by atoms with Crippen LogP contribution >= 0.6 is 0 Å². The van der Waals surface area contributed by atoms with Crippen LogP contribution in [-0.4, -0.2) is 66.2 Å². The molecule has 0 spiro atoms. The molecule has 0 amide bonds. The number of nitrogens with zero attached hydrogens (tertiary/aromatic N) is 2. The average molecular weight is 201 g/mol. The molecule has 14 heavy (non-hydrogen) atoms. The number of carboxylic acids is 1. The number of nitrogens with two attached hydrogens (primary N) is 1. The van der Waals surface area contributed by atoms with Gasteiger partial charge in [-0.25, -0.2) is 0 Å². The standard InChI is InChI=1S/C9H19N3O2/c1-7-6-12(4-3-11(7)2)8(5-10)9(13)14/h7-8H,3-6,10H2,1-2H3,(H,13,14). The number of hydrogen-bond acceptors (Lipinski definition) is 4. The number of carboxylic acid groups (broad SMARTS) is 1. The van der Waals surface area contributed by atoms with Gasteiger partial charge in [-0.05, 0) is 14.0 Å². The Labute approximate surface area is 84.5 Å². The van der Waals surface area contributed by atoms with Crippen molar-refractivity contribution in [3.05, 3.63) is 0 Å². The Morgan fingerprint density at radius 1 is 1.64 bits per heavy atom. The molecule has 1 heterocycles. The Morgan fingerprint density at radius 3 is 2.71 bits per heavy atom. The molecule has 2 unspecified atom stereocenters. The smallest absolute Gasteiger partial charge is 0.322 e. The van der Waals surface area contributed by atoms with Gasteiger partial charge in [0.2, 0.25) is 0 Å². The Kier molecular flexibility index (Phi) is 3.86. The Bertz CT molecular complexity index is 210. The fourth-order valence-corrected chi connectivity index (χ4v) is 1.77. The van der Waals surface area contributed by atoms with Gasteiger partial charge in [0.15, 0.2) is 0 Å². The fraction of sp³-hybridized carbons (Fsp3) is 0.889. The molecule has 1 saturated heterocycles. The van der Waals surface area contributed by atoms with Crippen molar-refractivity contribution in [2.45, 2.75) is 19.0 Å². The summed E-state index contributed by atoms with van der Waals surface area (Å²) in [6.45, 7) is 4.76. The zero-order chi connectivity index (χ0) is 10.7. The van der Waals surface area contributed by atoms with Crippen LogP contribution < -0.4 is 5.73 Å². The predicted molar refractivity (Wildman–Crippen MR) is 54.1 cm³/mol. The normalized spacial score (nSPS) is 27.5. The van der Waals surface area contributed by atoms with Crippen LogP contribution in [-0.2, 0) is 4.79 Å². The minimum absolute atomic E-state index is 0.186. The first-order valence-corrected chi connectivity index (χ1v) is 4.93. The summed E-state index contributed by atoms with van der Waals surface area (Å²) in [4.78, 5) is 15.1. The van der Waals surface area contributed by atoms with E-state index in [4.69, 9.17) is 10.8 Å². The molecule has 2 atom stereocenters. The molecule has 0 saturated carbocycles. The highest BCUT2D eigenvalue weighted by Crippen LogP contribution is 2.10. The zero-order valence-electron chi connectivity index (χ0n) is 8.81. The molecule has 0 aliphatic carbocycles. The van der Waals surface area contributed by atoms with Crippen molar-refractivity contribution >= 4 is 5.97 Å². The number of piperazine rings is 1. The lowest BCUT2D eigenvalue weighted by Crippen LogP contribution is -2.57. The SMILES string of the molecule is CC1CN(C(CN)C(=O)O)CCN1C. The zero-order valence-corrected chi connectivity index (χ0v) is 8.81. The van der Waals surface area contributed by atoms with Gasteiger partial charge < -0.3 is 15.7 Å². The van der Waals surface area contributed by atoms with Gasteiger partial charge in [-0.2, -0.15) is 0 Å². The summed E-state index contributed by atoms with van der Waals surface area (Å²) in [5.41, 5.74) is 5.45. The summed E-state index contributed by atoms with van der Waals surface area (Å²) in [5, 5.41) is 8.94. The number of rotatable bonds is 3. The van der Waals surface area contributed by atoms with Crippen molar-refractivity contribution in [2.75, 3.05) is 33.2 Å². The topological polar surface area (TPSA) is 69.8 Å². The Morgan fingerprint density at radius 2 is 2.29 bits per heavy atom. The van der Waals surface area contributed by atoms with Crippen LogP contribution in [0.25, 0.3) is 0 Å². The van der Waals surface area contributed by atoms with Gasteiger partial charge in [0.25, 0.3) is 0 Å². The van der Waals surface area contributed by atoms with Gasteiger partial charge in [-0.15, -0.1) is 0 Å². The molecular weight excluding hydrogens is 182 g/mol. The van der Waals surface area contributed by atoms with Gasteiger partial charge in [0, 0.05) is 32.2 Å². The van der Waals surface area contributed by atoms with E-state index in [2.05, 4.69) is 18.9 Å². The molecule has 1 fully saturated rings. The minimum Gasteiger partial charge on any atom is -0.480 e. The highest BCUT2D eigenvalue weighted by atomic mass is 16.4. The Hall–Kier alpha value is -0.650. The lowest BCUT2D eigenvalue weighted by Gasteiger charge is -2.40. The lowest BCUT2D eigenvalue weighted by atomic mass is 10.1. The summed E-state index contributed by atoms with van der Waals surface area (Å²) in [7, 11) is 2.06. The van der Waals surface area contributed by atoms with Crippen LogP contribution in [0.3, 0.4) is 0 Å². The molecule has 0 aromatic carbocycles. The lowest BCUT2D eigenvalue weighted by molar-refractivity contribution is -0.144. The molecule has 0 aromatic heterocycles. The predicted octanol–water partition coefficient (Wildman–Crippen LogP) is -0.966. The first-order chi connectivity index (χ1) is 6.56. The molecule has 0 aromatic rings. The monoisotopic (exact) mass is 201 g/mol. The second-order valence-corrected chi connectivity index (χ2v) is 3.91. The summed E-state index contributed by atoms with van der Waals surface area (Å²) >= 11 is 0. The molecule has 5 heteroatoms. The minimum atomic E-state index is -0.816. The third kappa shape index (κ3) is 2.43. The largest absolute Gasteiger partial charge is 0.480 e. The Balaban J connectivity index is 2.56. The number of aliphatic carboxylic acids is 1. The fourth-order valence-electron chi connectivity index (χ4n) is 1.77. The average Bonchev–Trinajstić information content (AvgIpc) is 2.11. The van der Waals surface area contributed by atoms with E-state index >= 15 is 0 Å². The third-order valence-electron chi connectivity index (χ3n) is 2.94. The molecule has 82 valence electrons. The van der Waals surface area contributed by atoms with E-state index < -0.39 is 12.0 Å². The van der Waals surface area contributed by atoms with Crippen molar-refractivity contribution in [3.63, 3.8) is 0 Å². The van der Waals surface area contributed by atoms with E-state index in [1.54, 1.807) is 0 Å². The van der Waals surface area contributed by atoms with Crippen molar-refractivity contribution in [2.24, 2.45) is 5.73 Å². The van der Waals surface area contributed by atoms with Crippen LogP contribution in [0.15, 0.2) is 0 Å². The van der Waals surface area contributed by atoms with Crippen LogP contribution in [0.5, 0.6) is 0 Å². The number of likely N-dealkylation sites (N-methyl/N-ethyl adjacent to an activating group) is 1. The van der Waals surface area contributed by atoms with Gasteiger partial charge in [-0.3, -0.25) is 9.69 Å². The highest BCUT2D eigenvalue weighted by Gasteiger charge is 2.29. The van der Waals surface area contributed by atoms with E-state index in [-0.39, 0.29) is 6.54 Å². The molecule has 1 aliphatic heterocycles. The maximum Gasteiger partial charge on any atom is 0.322 e. The van der Waals surface area contributed by atoms with Crippen LogP contribution in [0.4, 0.5) is 0 Å². The number of carbonyl (C=O) groups is 1. The van der Waals surface area contributed by atoms with Crippen molar-refractivity contribution < 1.29 is 9.90 Å². The van der Waals surface area contributed by atoms with Crippen molar-refractivity contribution in [1.82, 2.24) is 9.80 Å². The number of hydrogen-bond donors (Lipinski definition) is 2. The van der Waals surface area contributed by atoms with Gasteiger partial charge in [0.1, 0.15) is 6.04 Å². The third-order valence-corrected chi connectivity index (χ3v) is 2.94.